The number of likely N-dealkylation sites (tertiary alicyclic amines) is 1. The van der Waals surface area contributed by atoms with Crippen molar-refractivity contribution < 1.29 is 14.7 Å². The summed E-state index contributed by atoms with van der Waals surface area (Å²) in [5.41, 5.74) is 0. The summed E-state index contributed by atoms with van der Waals surface area (Å²) in [6.45, 7) is 0.565. The van der Waals surface area contributed by atoms with E-state index in [-0.39, 0.29) is 12.1 Å². The van der Waals surface area contributed by atoms with Crippen LogP contribution in [0.2, 0.25) is 0 Å². The monoisotopic (exact) mass is 254 g/mol. The first-order valence-electron chi connectivity index (χ1n) is 6.98. The number of hydrogen-bond acceptors (Lipinski definition) is 2. The fourth-order valence-electron chi connectivity index (χ4n) is 2.60. The van der Waals surface area contributed by atoms with Crippen molar-refractivity contribution in [1.29, 1.82) is 0 Å². The minimum absolute atomic E-state index is 0.186. The minimum Gasteiger partial charge on any atom is -0.480 e. The number of hydrogen-bond donors (Lipinski definition) is 2. The van der Waals surface area contributed by atoms with E-state index < -0.39 is 12.0 Å². The van der Waals surface area contributed by atoms with Crippen molar-refractivity contribution in [3.05, 3.63) is 0 Å². The molecule has 1 aliphatic heterocycles. The molecule has 0 bridgehead atoms. The van der Waals surface area contributed by atoms with Gasteiger partial charge in [0.1, 0.15) is 6.04 Å². The number of nitrogens with one attached hydrogen (secondary N) is 1. The van der Waals surface area contributed by atoms with E-state index in [1.54, 1.807) is 0 Å². The van der Waals surface area contributed by atoms with Crippen molar-refractivity contribution in [2.45, 2.75) is 63.5 Å². The molecule has 0 aromatic rings. The number of carbonyl (C=O) groups is 2. The Morgan fingerprint density at radius 2 is 1.72 bits per heavy atom. The Bertz CT molecular complexity index is 315. The summed E-state index contributed by atoms with van der Waals surface area (Å²) in [6.07, 6.45) is 7.74. The molecule has 1 atom stereocenters. The van der Waals surface area contributed by atoms with Crippen LogP contribution in [-0.2, 0) is 4.79 Å². The van der Waals surface area contributed by atoms with Gasteiger partial charge >= 0.3 is 12.0 Å². The molecular formula is C13H22N2O3. The highest BCUT2D eigenvalue weighted by Crippen LogP contribution is 2.21. The maximum absolute atomic E-state index is 12.1. The fraction of sp³-hybridized carbons (Fsp3) is 0.846. The topological polar surface area (TPSA) is 69.6 Å². The number of amides is 2. The quantitative estimate of drug-likeness (QED) is 0.791. The fourth-order valence-corrected chi connectivity index (χ4v) is 2.60. The van der Waals surface area contributed by atoms with Gasteiger partial charge < -0.3 is 15.3 Å². The van der Waals surface area contributed by atoms with E-state index in [2.05, 4.69) is 5.32 Å². The lowest BCUT2D eigenvalue weighted by Crippen LogP contribution is -2.53. The molecule has 2 fully saturated rings. The van der Waals surface area contributed by atoms with Gasteiger partial charge in [-0.25, -0.2) is 9.59 Å². The second kappa shape index (κ2) is 6.07. The van der Waals surface area contributed by atoms with Crippen molar-refractivity contribution >= 4 is 12.0 Å². The van der Waals surface area contributed by atoms with E-state index >= 15 is 0 Å². The largest absolute Gasteiger partial charge is 0.480 e. The Hall–Kier alpha value is -1.26. The van der Waals surface area contributed by atoms with E-state index in [0.29, 0.717) is 13.0 Å². The smallest absolute Gasteiger partial charge is 0.326 e. The van der Waals surface area contributed by atoms with Crippen LogP contribution in [0.1, 0.15) is 51.4 Å². The Labute approximate surface area is 108 Å². The van der Waals surface area contributed by atoms with Gasteiger partial charge in [0.25, 0.3) is 0 Å². The summed E-state index contributed by atoms with van der Waals surface area (Å²) >= 11 is 0. The number of carboxylic acids is 1. The normalized spacial score (nSPS) is 25.8. The van der Waals surface area contributed by atoms with Crippen molar-refractivity contribution in [3.8, 4) is 0 Å². The summed E-state index contributed by atoms with van der Waals surface area (Å²) in [7, 11) is 0. The maximum Gasteiger partial charge on any atom is 0.326 e. The number of urea groups is 1. The van der Waals surface area contributed by atoms with Crippen LogP contribution in [0.3, 0.4) is 0 Å². The number of rotatable bonds is 2. The van der Waals surface area contributed by atoms with Crippen LogP contribution in [0.25, 0.3) is 0 Å². The number of nitrogens with zero attached hydrogens (tertiary/aromatic N) is 1. The highest BCUT2D eigenvalue weighted by Gasteiger charge is 2.31. The number of aliphatic carboxylic acids is 1. The molecule has 2 N–H and O–H groups in total. The summed E-state index contributed by atoms with van der Waals surface area (Å²) in [4.78, 5) is 24.9. The molecule has 0 radical (unpaired) electrons. The van der Waals surface area contributed by atoms with Crippen LogP contribution in [0.5, 0.6) is 0 Å². The molecule has 0 aromatic heterocycles. The molecule has 102 valence electrons. The van der Waals surface area contributed by atoms with Gasteiger partial charge in [0.2, 0.25) is 0 Å². The predicted molar refractivity (Wildman–Crippen MR) is 67.4 cm³/mol. The Balaban J connectivity index is 1.98. The van der Waals surface area contributed by atoms with Crippen LogP contribution < -0.4 is 5.32 Å². The third-order valence-corrected chi connectivity index (χ3v) is 3.98. The van der Waals surface area contributed by atoms with Crippen LogP contribution in [0, 0.1) is 0 Å². The first kappa shape index (κ1) is 13.2. The predicted octanol–water partition coefficient (Wildman–Crippen LogP) is 1.97. The third-order valence-electron chi connectivity index (χ3n) is 3.98. The summed E-state index contributed by atoms with van der Waals surface area (Å²) in [5, 5.41) is 12.2. The highest BCUT2D eigenvalue weighted by atomic mass is 16.4. The molecule has 0 aromatic carbocycles. The van der Waals surface area contributed by atoms with Crippen LogP contribution >= 0.6 is 0 Å². The van der Waals surface area contributed by atoms with E-state index in [4.69, 9.17) is 0 Å². The third kappa shape index (κ3) is 3.15. The highest BCUT2D eigenvalue weighted by molar-refractivity contribution is 5.82. The molecule has 18 heavy (non-hydrogen) atoms. The average Bonchev–Trinajstić information content (AvgIpc) is 2.22. The zero-order valence-corrected chi connectivity index (χ0v) is 10.7. The van der Waals surface area contributed by atoms with Gasteiger partial charge in [-0.2, -0.15) is 0 Å². The molecule has 1 unspecified atom stereocenters. The first-order valence-corrected chi connectivity index (χ1v) is 6.98. The molecule has 1 saturated heterocycles. The average molecular weight is 254 g/mol. The van der Waals surface area contributed by atoms with Crippen LogP contribution in [-0.4, -0.2) is 40.6 Å². The van der Waals surface area contributed by atoms with Crippen molar-refractivity contribution in [1.82, 2.24) is 10.2 Å². The first-order chi connectivity index (χ1) is 8.68. The molecule has 2 aliphatic rings. The lowest BCUT2D eigenvalue weighted by molar-refractivity contribution is -0.142. The molecule has 1 heterocycles. The van der Waals surface area contributed by atoms with Crippen LogP contribution in [0.4, 0.5) is 4.79 Å². The van der Waals surface area contributed by atoms with E-state index in [0.717, 1.165) is 44.9 Å². The lowest BCUT2D eigenvalue weighted by Gasteiger charge is -2.34. The zero-order chi connectivity index (χ0) is 13.0. The van der Waals surface area contributed by atoms with Gasteiger partial charge in [0, 0.05) is 12.6 Å². The van der Waals surface area contributed by atoms with E-state index in [1.807, 2.05) is 0 Å². The number of carbonyl (C=O) groups excluding carboxylic acids is 1. The Kier molecular flexibility index (Phi) is 4.44. The van der Waals surface area contributed by atoms with Gasteiger partial charge in [-0.15, -0.1) is 0 Å². The molecule has 0 spiro atoms. The number of carboxylic acid groups (broad SMARTS) is 1. The van der Waals surface area contributed by atoms with Gasteiger partial charge in [-0.1, -0.05) is 19.3 Å². The van der Waals surface area contributed by atoms with Crippen molar-refractivity contribution in [3.63, 3.8) is 0 Å². The lowest BCUT2D eigenvalue weighted by atomic mass is 9.93. The van der Waals surface area contributed by atoms with Gasteiger partial charge in [-0.3, -0.25) is 0 Å². The van der Waals surface area contributed by atoms with Gasteiger partial charge in [-0.05, 0) is 32.1 Å². The molecule has 1 saturated carbocycles. The molecular weight excluding hydrogens is 232 g/mol. The summed E-state index contributed by atoms with van der Waals surface area (Å²) in [6, 6.07) is -0.572. The van der Waals surface area contributed by atoms with Gasteiger partial charge in [0.05, 0.1) is 0 Å². The molecule has 1 aliphatic carbocycles. The SMILES string of the molecule is O=C(O)C1CCCCCCN1C(=O)NC1CCC1. The van der Waals surface area contributed by atoms with E-state index in [9.17, 15) is 14.7 Å². The zero-order valence-electron chi connectivity index (χ0n) is 10.7. The van der Waals surface area contributed by atoms with Crippen molar-refractivity contribution in [2.75, 3.05) is 6.54 Å². The summed E-state index contributed by atoms with van der Waals surface area (Å²) in [5.74, 6) is -0.874. The van der Waals surface area contributed by atoms with Crippen LogP contribution in [0.15, 0.2) is 0 Å². The maximum atomic E-state index is 12.1. The molecule has 2 amide bonds. The summed E-state index contributed by atoms with van der Waals surface area (Å²) < 4.78 is 0. The minimum atomic E-state index is -0.874. The molecule has 5 heteroatoms. The second-order valence-corrected chi connectivity index (χ2v) is 5.33. The van der Waals surface area contributed by atoms with Gasteiger partial charge in [0.15, 0.2) is 0 Å². The second-order valence-electron chi connectivity index (χ2n) is 5.33. The standard InChI is InChI=1S/C13H22N2O3/c16-12(17)11-8-3-1-2-4-9-15(11)13(18)14-10-6-5-7-10/h10-11H,1-9H2,(H,14,18)(H,16,17). The van der Waals surface area contributed by atoms with E-state index in [1.165, 1.54) is 4.90 Å². The molecule has 2 rings (SSSR count). The Morgan fingerprint density at radius 3 is 2.33 bits per heavy atom. The molecule has 5 nitrogen and oxygen atoms in total. The van der Waals surface area contributed by atoms with Crippen molar-refractivity contribution in [2.24, 2.45) is 0 Å². The Morgan fingerprint density at radius 1 is 1.00 bits per heavy atom.